The molecule has 0 unspecified atom stereocenters. The summed E-state index contributed by atoms with van der Waals surface area (Å²) in [7, 11) is 1.56. The van der Waals surface area contributed by atoms with Crippen LogP contribution >= 0.6 is 22.7 Å². The first-order valence-electron chi connectivity index (χ1n) is 6.01. The molecule has 2 heterocycles. The third-order valence-electron chi connectivity index (χ3n) is 2.81. The molecule has 4 N–H and O–H groups in total. The number of hydrazine groups is 1. The van der Waals surface area contributed by atoms with Gasteiger partial charge in [0.15, 0.2) is 5.13 Å². The van der Waals surface area contributed by atoms with Gasteiger partial charge in [0.1, 0.15) is 11.3 Å². The van der Waals surface area contributed by atoms with E-state index in [1.54, 1.807) is 19.2 Å². The zero-order valence-corrected chi connectivity index (χ0v) is 12.7. The number of fused-ring (bicyclic) bond motifs is 1. The summed E-state index contributed by atoms with van der Waals surface area (Å²) in [6.07, 6.45) is 0. The number of hydrogen-bond donors (Lipinski definition) is 3. The van der Waals surface area contributed by atoms with Gasteiger partial charge in [-0.2, -0.15) is 0 Å². The van der Waals surface area contributed by atoms with Crippen LogP contribution in [0.3, 0.4) is 0 Å². The van der Waals surface area contributed by atoms with Crippen LogP contribution in [0.1, 0.15) is 9.67 Å². The molecule has 0 fully saturated rings. The monoisotopic (exact) mass is 320 g/mol. The Balaban J connectivity index is 1.97. The van der Waals surface area contributed by atoms with E-state index in [9.17, 15) is 4.79 Å². The van der Waals surface area contributed by atoms with Crippen molar-refractivity contribution in [2.45, 2.75) is 0 Å². The van der Waals surface area contributed by atoms with Gasteiger partial charge in [0.2, 0.25) is 0 Å². The summed E-state index contributed by atoms with van der Waals surface area (Å²) in [5.74, 6) is 5.82. The number of nitrogens with two attached hydrogens (primary N) is 1. The molecule has 0 aliphatic heterocycles. The highest BCUT2D eigenvalue weighted by Crippen LogP contribution is 2.35. The van der Waals surface area contributed by atoms with E-state index in [4.69, 9.17) is 10.6 Å². The number of thiazole rings is 1. The zero-order valence-electron chi connectivity index (χ0n) is 11.0. The highest BCUT2D eigenvalue weighted by atomic mass is 32.1. The second-order valence-corrected chi connectivity index (χ2v) is 6.10. The van der Waals surface area contributed by atoms with Crippen LogP contribution in [-0.2, 0) is 0 Å². The third-order valence-corrected chi connectivity index (χ3v) is 4.61. The second-order valence-electron chi connectivity index (χ2n) is 4.12. The largest absolute Gasteiger partial charge is 0.494 e. The van der Waals surface area contributed by atoms with Crippen molar-refractivity contribution in [3.8, 4) is 5.75 Å². The molecule has 0 bridgehead atoms. The maximum Gasteiger partial charge on any atom is 0.265 e. The molecule has 1 aromatic carbocycles. The SMILES string of the molecule is COc1cc(NC(=O)c2cccs2)cc2sc(NN)nc12. The number of hydrogen-bond acceptors (Lipinski definition) is 7. The van der Waals surface area contributed by atoms with Crippen LogP contribution in [0.4, 0.5) is 10.8 Å². The van der Waals surface area contributed by atoms with E-state index in [-0.39, 0.29) is 5.91 Å². The van der Waals surface area contributed by atoms with E-state index >= 15 is 0 Å². The second kappa shape index (κ2) is 5.68. The van der Waals surface area contributed by atoms with Gasteiger partial charge in [0, 0.05) is 11.8 Å². The van der Waals surface area contributed by atoms with Gasteiger partial charge in [0.05, 0.1) is 16.7 Å². The molecule has 21 heavy (non-hydrogen) atoms. The predicted molar refractivity (Wildman–Crippen MR) is 86.3 cm³/mol. The number of nitrogens with zero attached hydrogens (tertiary/aromatic N) is 1. The van der Waals surface area contributed by atoms with Gasteiger partial charge in [-0.05, 0) is 17.5 Å². The molecule has 3 aromatic rings. The molecule has 6 nitrogen and oxygen atoms in total. The number of nitrogen functional groups attached to an aromatic ring is 1. The van der Waals surface area contributed by atoms with Crippen LogP contribution in [-0.4, -0.2) is 18.0 Å². The Morgan fingerprint density at radius 1 is 1.43 bits per heavy atom. The van der Waals surface area contributed by atoms with E-state index in [1.807, 2.05) is 17.5 Å². The highest BCUT2D eigenvalue weighted by Gasteiger charge is 2.13. The Morgan fingerprint density at radius 2 is 2.29 bits per heavy atom. The number of anilines is 2. The molecule has 108 valence electrons. The van der Waals surface area contributed by atoms with E-state index in [2.05, 4.69) is 15.7 Å². The van der Waals surface area contributed by atoms with E-state index in [0.717, 1.165) is 4.70 Å². The molecular weight excluding hydrogens is 308 g/mol. The summed E-state index contributed by atoms with van der Waals surface area (Å²) in [5, 5.41) is 5.31. The van der Waals surface area contributed by atoms with Crippen LogP contribution in [0.2, 0.25) is 0 Å². The van der Waals surface area contributed by atoms with Crippen LogP contribution in [0.15, 0.2) is 29.6 Å². The molecule has 1 amide bonds. The first-order valence-corrected chi connectivity index (χ1v) is 7.71. The van der Waals surface area contributed by atoms with Crippen LogP contribution in [0.25, 0.3) is 10.2 Å². The molecular formula is C13H12N4O2S2. The quantitative estimate of drug-likeness (QED) is 0.508. The molecule has 0 saturated carbocycles. The van der Waals surface area contributed by atoms with Gasteiger partial charge >= 0.3 is 0 Å². The number of benzene rings is 1. The van der Waals surface area contributed by atoms with Crippen molar-refractivity contribution in [3.63, 3.8) is 0 Å². The number of nitrogens with one attached hydrogen (secondary N) is 2. The van der Waals surface area contributed by atoms with Crippen molar-refractivity contribution in [3.05, 3.63) is 34.5 Å². The average Bonchev–Trinajstić information content (AvgIpc) is 3.15. The van der Waals surface area contributed by atoms with Gasteiger partial charge in [-0.1, -0.05) is 17.4 Å². The Labute approximate surface area is 128 Å². The van der Waals surface area contributed by atoms with E-state index in [0.29, 0.717) is 27.0 Å². The minimum Gasteiger partial charge on any atom is -0.494 e. The Hall–Kier alpha value is -2.16. The first kappa shape index (κ1) is 13.8. The Morgan fingerprint density at radius 3 is 2.95 bits per heavy atom. The summed E-state index contributed by atoms with van der Waals surface area (Å²) < 4.78 is 6.20. The van der Waals surface area contributed by atoms with Crippen molar-refractivity contribution in [1.82, 2.24) is 4.98 Å². The fourth-order valence-corrected chi connectivity index (χ4v) is 3.34. The smallest absolute Gasteiger partial charge is 0.265 e. The number of carbonyl (C=O) groups is 1. The van der Waals surface area contributed by atoms with Crippen molar-refractivity contribution in [1.29, 1.82) is 0 Å². The van der Waals surface area contributed by atoms with Gasteiger partial charge < -0.3 is 10.1 Å². The summed E-state index contributed by atoms with van der Waals surface area (Å²) in [5.41, 5.74) is 3.89. The molecule has 0 radical (unpaired) electrons. The maximum absolute atomic E-state index is 12.1. The molecule has 0 atom stereocenters. The number of methoxy groups -OCH3 is 1. The predicted octanol–water partition coefficient (Wildman–Crippen LogP) is 2.90. The summed E-state index contributed by atoms with van der Waals surface area (Å²) >= 11 is 2.78. The molecule has 0 aliphatic carbocycles. The maximum atomic E-state index is 12.1. The lowest BCUT2D eigenvalue weighted by Crippen LogP contribution is -2.10. The molecule has 0 spiro atoms. The Bertz CT molecular complexity index is 783. The lowest BCUT2D eigenvalue weighted by Gasteiger charge is -2.07. The molecule has 8 heteroatoms. The number of rotatable bonds is 4. The number of amides is 1. The van der Waals surface area contributed by atoms with Gasteiger partial charge in [0.25, 0.3) is 5.91 Å². The molecule has 0 aliphatic rings. The zero-order chi connectivity index (χ0) is 14.8. The fourth-order valence-electron chi connectivity index (χ4n) is 1.89. The van der Waals surface area contributed by atoms with Crippen molar-refractivity contribution in [2.75, 3.05) is 17.9 Å². The lowest BCUT2D eigenvalue weighted by molar-refractivity contribution is 0.103. The van der Waals surface area contributed by atoms with E-state index < -0.39 is 0 Å². The molecule has 3 rings (SSSR count). The third kappa shape index (κ3) is 2.68. The fraction of sp³-hybridized carbons (Fsp3) is 0.0769. The average molecular weight is 320 g/mol. The number of thiophene rings is 1. The van der Waals surface area contributed by atoms with Crippen LogP contribution in [0, 0.1) is 0 Å². The summed E-state index contributed by atoms with van der Waals surface area (Å²) in [4.78, 5) is 17.1. The minimum absolute atomic E-state index is 0.145. The van der Waals surface area contributed by atoms with Crippen molar-refractivity contribution in [2.24, 2.45) is 5.84 Å². The number of ether oxygens (including phenoxy) is 1. The lowest BCUT2D eigenvalue weighted by atomic mass is 10.2. The first-order chi connectivity index (χ1) is 10.2. The Kier molecular flexibility index (Phi) is 3.74. The number of aromatic nitrogens is 1. The molecule has 0 saturated heterocycles. The van der Waals surface area contributed by atoms with Gasteiger partial charge in [-0.15, -0.1) is 11.3 Å². The van der Waals surface area contributed by atoms with Crippen molar-refractivity contribution >= 4 is 49.6 Å². The minimum atomic E-state index is -0.145. The highest BCUT2D eigenvalue weighted by molar-refractivity contribution is 7.22. The number of carbonyl (C=O) groups excluding carboxylic acids is 1. The molecule has 2 aromatic heterocycles. The summed E-state index contributed by atoms with van der Waals surface area (Å²) in [6.45, 7) is 0. The van der Waals surface area contributed by atoms with Gasteiger partial charge in [-0.25, -0.2) is 10.8 Å². The van der Waals surface area contributed by atoms with Gasteiger partial charge in [-0.3, -0.25) is 10.2 Å². The summed E-state index contributed by atoms with van der Waals surface area (Å²) in [6, 6.07) is 7.21. The normalized spacial score (nSPS) is 10.6. The standard InChI is InChI=1S/C13H12N4O2S2/c1-19-8-5-7(15-12(18)9-3-2-4-20-9)6-10-11(8)16-13(17-14)21-10/h2-6H,14H2,1H3,(H,15,18)(H,16,17). The van der Waals surface area contributed by atoms with E-state index in [1.165, 1.54) is 22.7 Å². The van der Waals surface area contributed by atoms with Crippen molar-refractivity contribution < 1.29 is 9.53 Å². The van der Waals surface area contributed by atoms with Crippen LogP contribution < -0.4 is 21.3 Å². The topological polar surface area (TPSA) is 89.3 Å². The van der Waals surface area contributed by atoms with Crippen LogP contribution in [0.5, 0.6) is 5.75 Å².